The van der Waals surface area contributed by atoms with Crippen LogP contribution in [0.4, 0.5) is 11.4 Å². The third kappa shape index (κ3) is 2.97. The molecule has 1 aromatic carbocycles. The topological polar surface area (TPSA) is 28.2 Å². The Morgan fingerprint density at radius 2 is 1.94 bits per heavy atom. The summed E-state index contributed by atoms with van der Waals surface area (Å²) in [5, 5.41) is 5.51. The highest BCUT2D eigenvalue weighted by Gasteiger charge is 2.06. The first-order valence-electron chi connectivity index (χ1n) is 5.59. The molecule has 2 aromatic rings. The molecule has 1 N–H and O–H groups in total. The zero-order chi connectivity index (χ0) is 12.3. The van der Waals surface area contributed by atoms with E-state index in [1.54, 1.807) is 11.3 Å². The van der Waals surface area contributed by atoms with Gasteiger partial charge in [-0.15, -0.1) is 11.3 Å². The van der Waals surface area contributed by atoms with Gasteiger partial charge in [0.2, 0.25) is 0 Å². The molecule has 1 heterocycles. The number of anilines is 2. The Labute approximate surface area is 106 Å². The fraction of sp³-hybridized carbons (Fsp3) is 0.308. The van der Waals surface area contributed by atoms with Crippen molar-refractivity contribution in [2.24, 2.45) is 0 Å². The van der Waals surface area contributed by atoms with Gasteiger partial charge in [-0.1, -0.05) is 0 Å². The second kappa shape index (κ2) is 5.19. The summed E-state index contributed by atoms with van der Waals surface area (Å²) in [5.41, 5.74) is 5.28. The van der Waals surface area contributed by atoms with Crippen LogP contribution in [0, 0.1) is 0 Å². The fourth-order valence-electron chi connectivity index (χ4n) is 1.62. The predicted molar refractivity (Wildman–Crippen MR) is 74.9 cm³/mol. The van der Waals surface area contributed by atoms with Crippen molar-refractivity contribution in [3.8, 4) is 0 Å². The van der Waals surface area contributed by atoms with E-state index >= 15 is 0 Å². The molecule has 0 saturated carbocycles. The molecule has 0 amide bonds. The number of benzene rings is 1. The van der Waals surface area contributed by atoms with Gasteiger partial charge in [-0.05, 0) is 31.2 Å². The van der Waals surface area contributed by atoms with Crippen molar-refractivity contribution in [1.29, 1.82) is 0 Å². The maximum Gasteiger partial charge on any atom is 0.0795 e. The number of rotatable bonds is 4. The smallest absolute Gasteiger partial charge is 0.0795 e. The first kappa shape index (κ1) is 11.9. The summed E-state index contributed by atoms with van der Waals surface area (Å²) in [6, 6.07) is 8.65. The highest BCUT2D eigenvalue weighted by molar-refractivity contribution is 7.07. The SMILES string of the molecule is CC(Nc1ccc(N(C)C)cc1)c1cscn1. The van der Waals surface area contributed by atoms with E-state index in [2.05, 4.69) is 51.8 Å². The van der Waals surface area contributed by atoms with Gasteiger partial charge in [0.05, 0.1) is 17.2 Å². The minimum Gasteiger partial charge on any atom is -0.378 e. The summed E-state index contributed by atoms with van der Waals surface area (Å²) in [5.74, 6) is 0. The molecule has 1 aromatic heterocycles. The van der Waals surface area contributed by atoms with E-state index in [9.17, 15) is 0 Å². The summed E-state index contributed by atoms with van der Waals surface area (Å²) in [6.45, 7) is 2.12. The van der Waals surface area contributed by atoms with Gasteiger partial charge in [-0.25, -0.2) is 4.98 Å². The number of nitrogens with one attached hydrogen (secondary N) is 1. The minimum atomic E-state index is 0.242. The number of hydrogen-bond donors (Lipinski definition) is 1. The monoisotopic (exact) mass is 247 g/mol. The molecule has 17 heavy (non-hydrogen) atoms. The summed E-state index contributed by atoms with van der Waals surface area (Å²) >= 11 is 1.63. The van der Waals surface area contributed by atoms with Crippen LogP contribution in [0.15, 0.2) is 35.2 Å². The predicted octanol–water partition coefficient (Wildman–Crippen LogP) is 3.38. The number of hydrogen-bond acceptors (Lipinski definition) is 4. The van der Waals surface area contributed by atoms with E-state index in [1.165, 1.54) is 5.69 Å². The Morgan fingerprint density at radius 3 is 2.47 bits per heavy atom. The standard InChI is InChI=1S/C13H17N3S/c1-10(13-8-17-9-14-13)15-11-4-6-12(7-5-11)16(2)3/h4-10,15H,1-3H3. The molecule has 0 aliphatic heterocycles. The van der Waals surface area contributed by atoms with Crippen LogP contribution in [0.5, 0.6) is 0 Å². The van der Waals surface area contributed by atoms with Crippen LogP contribution in [-0.2, 0) is 0 Å². The molecule has 2 rings (SSSR count). The van der Waals surface area contributed by atoms with Crippen LogP contribution in [0.3, 0.4) is 0 Å². The lowest BCUT2D eigenvalue weighted by Gasteiger charge is -2.16. The lowest BCUT2D eigenvalue weighted by molar-refractivity contribution is 0.850. The van der Waals surface area contributed by atoms with Crippen LogP contribution < -0.4 is 10.2 Å². The van der Waals surface area contributed by atoms with E-state index in [0.29, 0.717) is 0 Å². The molecule has 0 bridgehead atoms. The Balaban J connectivity index is 2.04. The van der Waals surface area contributed by atoms with Gasteiger partial charge in [-0.2, -0.15) is 0 Å². The van der Waals surface area contributed by atoms with Crippen molar-refractivity contribution in [3.05, 3.63) is 40.8 Å². The average Bonchev–Trinajstić information content (AvgIpc) is 2.83. The third-order valence-electron chi connectivity index (χ3n) is 2.66. The number of aromatic nitrogens is 1. The van der Waals surface area contributed by atoms with E-state index in [1.807, 2.05) is 19.6 Å². The summed E-state index contributed by atoms with van der Waals surface area (Å²) in [7, 11) is 4.08. The van der Waals surface area contributed by atoms with Crippen LogP contribution >= 0.6 is 11.3 Å². The second-order valence-corrected chi connectivity index (χ2v) is 4.94. The lowest BCUT2D eigenvalue weighted by Crippen LogP contribution is -2.09. The number of thiazole rings is 1. The van der Waals surface area contributed by atoms with Crippen LogP contribution in [0.1, 0.15) is 18.7 Å². The molecule has 1 unspecified atom stereocenters. The molecule has 1 atom stereocenters. The normalized spacial score (nSPS) is 12.2. The van der Waals surface area contributed by atoms with Crippen LogP contribution in [-0.4, -0.2) is 19.1 Å². The fourth-order valence-corrected chi connectivity index (χ4v) is 2.26. The van der Waals surface area contributed by atoms with Crippen molar-refractivity contribution in [2.45, 2.75) is 13.0 Å². The van der Waals surface area contributed by atoms with Crippen molar-refractivity contribution < 1.29 is 0 Å². The highest BCUT2D eigenvalue weighted by atomic mass is 32.1. The van der Waals surface area contributed by atoms with Crippen LogP contribution in [0.25, 0.3) is 0 Å². The zero-order valence-electron chi connectivity index (χ0n) is 10.3. The van der Waals surface area contributed by atoms with Crippen molar-refractivity contribution in [2.75, 3.05) is 24.3 Å². The van der Waals surface area contributed by atoms with E-state index < -0.39 is 0 Å². The maximum absolute atomic E-state index is 4.31. The van der Waals surface area contributed by atoms with E-state index in [4.69, 9.17) is 0 Å². The van der Waals surface area contributed by atoms with E-state index in [0.717, 1.165) is 11.4 Å². The Kier molecular flexibility index (Phi) is 3.64. The summed E-state index contributed by atoms with van der Waals surface area (Å²) < 4.78 is 0. The second-order valence-electron chi connectivity index (χ2n) is 4.22. The van der Waals surface area contributed by atoms with Gasteiger partial charge >= 0.3 is 0 Å². The van der Waals surface area contributed by atoms with Gasteiger partial charge < -0.3 is 10.2 Å². The van der Waals surface area contributed by atoms with E-state index in [-0.39, 0.29) is 6.04 Å². The van der Waals surface area contributed by atoms with Gasteiger partial charge in [0.1, 0.15) is 0 Å². The molecule has 0 spiro atoms. The van der Waals surface area contributed by atoms with Crippen LogP contribution in [0.2, 0.25) is 0 Å². The molecular weight excluding hydrogens is 230 g/mol. The molecule has 3 nitrogen and oxygen atoms in total. The largest absolute Gasteiger partial charge is 0.378 e. The van der Waals surface area contributed by atoms with Gasteiger partial charge in [0, 0.05) is 30.9 Å². The van der Waals surface area contributed by atoms with Crippen molar-refractivity contribution >= 4 is 22.7 Å². The third-order valence-corrected chi connectivity index (χ3v) is 3.27. The van der Waals surface area contributed by atoms with Gasteiger partial charge in [0.15, 0.2) is 0 Å². The molecule has 0 fully saturated rings. The lowest BCUT2D eigenvalue weighted by atomic mass is 10.2. The molecule has 0 aliphatic rings. The van der Waals surface area contributed by atoms with Crippen molar-refractivity contribution in [1.82, 2.24) is 4.98 Å². The minimum absolute atomic E-state index is 0.242. The summed E-state index contributed by atoms with van der Waals surface area (Å²) in [6.07, 6.45) is 0. The first-order valence-corrected chi connectivity index (χ1v) is 6.53. The van der Waals surface area contributed by atoms with Gasteiger partial charge in [0.25, 0.3) is 0 Å². The Hall–Kier alpha value is -1.55. The molecule has 0 saturated heterocycles. The molecule has 0 radical (unpaired) electrons. The summed E-state index contributed by atoms with van der Waals surface area (Å²) in [4.78, 5) is 6.40. The number of nitrogens with zero attached hydrogens (tertiary/aromatic N) is 2. The maximum atomic E-state index is 4.31. The highest BCUT2D eigenvalue weighted by Crippen LogP contribution is 2.21. The van der Waals surface area contributed by atoms with Gasteiger partial charge in [-0.3, -0.25) is 0 Å². The quantitative estimate of drug-likeness (QED) is 0.897. The Morgan fingerprint density at radius 1 is 1.24 bits per heavy atom. The molecular formula is C13H17N3S. The molecule has 0 aliphatic carbocycles. The molecule has 4 heteroatoms. The Bertz CT molecular complexity index is 448. The average molecular weight is 247 g/mol. The zero-order valence-corrected chi connectivity index (χ0v) is 11.2. The molecule has 90 valence electrons. The van der Waals surface area contributed by atoms with Crippen molar-refractivity contribution in [3.63, 3.8) is 0 Å². The first-order chi connectivity index (χ1) is 8.16.